The van der Waals surface area contributed by atoms with Crippen molar-refractivity contribution in [2.45, 2.75) is 19.3 Å². The van der Waals surface area contributed by atoms with Gasteiger partial charge in [-0.25, -0.2) is 0 Å². The molecule has 0 unspecified atom stereocenters. The number of amides is 2. The lowest BCUT2D eigenvalue weighted by atomic mass is 10.2. The summed E-state index contributed by atoms with van der Waals surface area (Å²) in [7, 11) is 2.05. The van der Waals surface area contributed by atoms with E-state index in [9.17, 15) is 9.59 Å². The first-order valence-corrected chi connectivity index (χ1v) is 6.41. The van der Waals surface area contributed by atoms with Crippen LogP contribution in [-0.2, 0) is 9.59 Å². The third-order valence-corrected chi connectivity index (χ3v) is 3.62. The van der Waals surface area contributed by atoms with Gasteiger partial charge in [-0.2, -0.15) is 0 Å². The van der Waals surface area contributed by atoms with Crippen molar-refractivity contribution in [1.29, 1.82) is 0 Å². The van der Waals surface area contributed by atoms with Crippen LogP contribution in [0.5, 0.6) is 0 Å². The highest BCUT2D eigenvalue weighted by molar-refractivity contribution is 5.97. The molecule has 5 nitrogen and oxygen atoms in total. The van der Waals surface area contributed by atoms with Gasteiger partial charge >= 0.3 is 0 Å². The summed E-state index contributed by atoms with van der Waals surface area (Å²) < 4.78 is 0. The zero-order chi connectivity index (χ0) is 12.3. The number of piperazine rings is 1. The topological polar surface area (TPSA) is 43.9 Å². The van der Waals surface area contributed by atoms with Gasteiger partial charge in [0.15, 0.2) is 0 Å². The summed E-state index contributed by atoms with van der Waals surface area (Å²) >= 11 is 0. The van der Waals surface area contributed by atoms with Crippen molar-refractivity contribution in [1.82, 2.24) is 14.7 Å². The smallest absolute Gasteiger partial charge is 0.232 e. The van der Waals surface area contributed by atoms with Gasteiger partial charge in [0.1, 0.15) is 6.42 Å². The van der Waals surface area contributed by atoms with E-state index in [1.165, 1.54) is 0 Å². The van der Waals surface area contributed by atoms with Crippen LogP contribution < -0.4 is 0 Å². The van der Waals surface area contributed by atoms with Gasteiger partial charge in [-0.15, -0.1) is 0 Å². The van der Waals surface area contributed by atoms with E-state index >= 15 is 0 Å². The van der Waals surface area contributed by atoms with Gasteiger partial charge in [0.25, 0.3) is 0 Å². The molecule has 2 saturated heterocycles. The number of hydrogen-bond donors (Lipinski definition) is 0. The Morgan fingerprint density at radius 3 is 1.82 bits per heavy atom. The number of hydrogen-bond acceptors (Lipinski definition) is 3. The van der Waals surface area contributed by atoms with Crippen LogP contribution in [0, 0.1) is 0 Å². The second kappa shape index (κ2) is 5.49. The first-order chi connectivity index (χ1) is 8.16. The Morgan fingerprint density at radius 1 is 0.824 bits per heavy atom. The van der Waals surface area contributed by atoms with Gasteiger partial charge in [0.05, 0.1) is 0 Å². The van der Waals surface area contributed by atoms with Gasteiger partial charge in [-0.3, -0.25) is 9.59 Å². The van der Waals surface area contributed by atoms with Crippen LogP contribution in [0.4, 0.5) is 0 Å². The minimum atomic E-state index is -0.00463. The molecule has 0 N–H and O–H groups in total. The molecule has 0 aromatic heterocycles. The molecule has 0 aliphatic carbocycles. The lowest BCUT2D eigenvalue weighted by molar-refractivity contribution is -0.140. The molecule has 2 amide bonds. The first kappa shape index (κ1) is 12.4. The van der Waals surface area contributed by atoms with Crippen LogP contribution in [-0.4, -0.2) is 72.8 Å². The maximum atomic E-state index is 11.9. The predicted octanol–water partition coefficient (Wildman–Crippen LogP) is -0.227. The third-order valence-electron chi connectivity index (χ3n) is 3.62. The number of likely N-dealkylation sites (tertiary alicyclic amines) is 1. The van der Waals surface area contributed by atoms with E-state index in [2.05, 4.69) is 11.9 Å². The molecular formula is C12H21N3O2. The second-order valence-electron chi connectivity index (χ2n) is 4.95. The quantitative estimate of drug-likeness (QED) is 0.625. The summed E-state index contributed by atoms with van der Waals surface area (Å²) in [5, 5.41) is 0. The van der Waals surface area contributed by atoms with E-state index in [1.54, 1.807) is 0 Å². The molecule has 2 fully saturated rings. The molecular weight excluding hydrogens is 218 g/mol. The summed E-state index contributed by atoms with van der Waals surface area (Å²) in [6.07, 6.45) is 2.21. The minimum Gasteiger partial charge on any atom is -0.342 e. The maximum Gasteiger partial charge on any atom is 0.232 e. The van der Waals surface area contributed by atoms with Crippen molar-refractivity contribution in [3.8, 4) is 0 Å². The number of likely N-dealkylation sites (N-methyl/N-ethyl adjacent to an activating group) is 1. The molecule has 2 rings (SSSR count). The standard InChI is InChI=1S/C12H21N3O2/c1-13-6-8-15(9-7-13)12(17)10-11(16)14-4-2-3-5-14/h2-10H2,1H3. The zero-order valence-corrected chi connectivity index (χ0v) is 10.5. The summed E-state index contributed by atoms with van der Waals surface area (Å²) in [6.45, 7) is 4.97. The van der Waals surface area contributed by atoms with E-state index in [1.807, 2.05) is 9.80 Å². The second-order valence-corrected chi connectivity index (χ2v) is 4.95. The Balaban J connectivity index is 1.78. The maximum absolute atomic E-state index is 11.9. The average molecular weight is 239 g/mol. The largest absolute Gasteiger partial charge is 0.342 e. The van der Waals surface area contributed by atoms with Gasteiger partial charge in [0, 0.05) is 39.3 Å². The SMILES string of the molecule is CN1CCN(C(=O)CC(=O)N2CCCC2)CC1. The fraction of sp³-hybridized carbons (Fsp3) is 0.833. The molecule has 2 aliphatic rings. The van der Waals surface area contributed by atoms with Crippen LogP contribution in [0.15, 0.2) is 0 Å². The highest BCUT2D eigenvalue weighted by Gasteiger charge is 2.24. The number of rotatable bonds is 2. The van der Waals surface area contributed by atoms with Crippen molar-refractivity contribution in [3.63, 3.8) is 0 Å². The predicted molar refractivity (Wildman–Crippen MR) is 64.5 cm³/mol. The Hall–Kier alpha value is -1.10. The molecule has 0 saturated carbocycles. The summed E-state index contributed by atoms with van der Waals surface area (Å²) in [5.41, 5.74) is 0. The lowest BCUT2D eigenvalue weighted by Gasteiger charge is -2.32. The highest BCUT2D eigenvalue weighted by atomic mass is 16.2. The summed E-state index contributed by atoms with van der Waals surface area (Å²) in [4.78, 5) is 29.6. The van der Waals surface area contributed by atoms with E-state index in [0.29, 0.717) is 0 Å². The third kappa shape index (κ3) is 3.19. The molecule has 96 valence electrons. The van der Waals surface area contributed by atoms with Gasteiger partial charge in [0.2, 0.25) is 11.8 Å². The first-order valence-electron chi connectivity index (χ1n) is 6.41. The van der Waals surface area contributed by atoms with Gasteiger partial charge in [-0.1, -0.05) is 0 Å². The molecule has 5 heteroatoms. The van der Waals surface area contributed by atoms with Crippen molar-refractivity contribution >= 4 is 11.8 Å². The van der Waals surface area contributed by atoms with Crippen LogP contribution in [0.1, 0.15) is 19.3 Å². The van der Waals surface area contributed by atoms with Crippen LogP contribution >= 0.6 is 0 Å². The van der Waals surface area contributed by atoms with Crippen molar-refractivity contribution in [2.75, 3.05) is 46.3 Å². The van der Waals surface area contributed by atoms with Crippen molar-refractivity contribution in [2.24, 2.45) is 0 Å². The Morgan fingerprint density at radius 2 is 1.29 bits per heavy atom. The van der Waals surface area contributed by atoms with E-state index < -0.39 is 0 Å². The van der Waals surface area contributed by atoms with Crippen LogP contribution in [0.2, 0.25) is 0 Å². The molecule has 2 heterocycles. The fourth-order valence-corrected chi connectivity index (χ4v) is 2.38. The normalized spacial score (nSPS) is 21.9. The Kier molecular flexibility index (Phi) is 3.99. The van der Waals surface area contributed by atoms with Crippen molar-refractivity contribution in [3.05, 3.63) is 0 Å². The van der Waals surface area contributed by atoms with Crippen molar-refractivity contribution < 1.29 is 9.59 Å². The van der Waals surface area contributed by atoms with Crippen LogP contribution in [0.25, 0.3) is 0 Å². The Labute approximate surface area is 102 Å². The molecule has 0 radical (unpaired) electrons. The van der Waals surface area contributed by atoms with E-state index in [-0.39, 0.29) is 18.2 Å². The number of carbonyl (C=O) groups is 2. The summed E-state index contributed by atoms with van der Waals surface area (Å²) in [5.74, 6) is 0.00132. The molecule has 0 spiro atoms. The molecule has 0 bridgehead atoms. The van der Waals surface area contributed by atoms with Gasteiger partial charge in [-0.05, 0) is 19.9 Å². The Bertz CT molecular complexity index is 292. The molecule has 17 heavy (non-hydrogen) atoms. The highest BCUT2D eigenvalue weighted by Crippen LogP contribution is 2.10. The van der Waals surface area contributed by atoms with E-state index in [0.717, 1.165) is 52.1 Å². The molecule has 0 atom stereocenters. The van der Waals surface area contributed by atoms with Crippen LogP contribution in [0.3, 0.4) is 0 Å². The minimum absolute atomic E-state index is 0.00463. The molecule has 0 aromatic carbocycles. The number of carbonyl (C=O) groups excluding carboxylic acids is 2. The zero-order valence-electron chi connectivity index (χ0n) is 10.5. The number of nitrogens with zero attached hydrogens (tertiary/aromatic N) is 3. The monoisotopic (exact) mass is 239 g/mol. The average Bonchev–Trinajstić information content (AvgIpc) is 2.83. The molecule has 2 aliphatic heterocycles. The summed E-state index contributed by atoms with van der Waals surface area (Å²) in [6, 6.07) is 0. The van der Waals surface area contributed by atoms with E-state index in [4.69, 9.17) is 0 Å². The van der Waals surface area contributed by atoms with Gasteiger partial charge < -0.3 is 14.7 Å². The lowest BCUT2D eigenvalue weighted by Crippen LogP contribution is -2.48. The molecule has 0 aromatic rings. The fourth-order valence-electron chi connectivity index (χ4n) is 2.38.